The first-order chi connectivity index (χ1) is 9.99. The number of nitrogens with one attached hydrogen (secondary N) is 1. The number of fused-ring (bicyclic) bond motifs is 1. The monoisotopic (exact) mass is 307 g/mol. The maximum Gasteiger partial charge on any atom is 0.267 e. The van der Waals surface area contributed by atoms with Crippen LogP contribution < -0.4 is 11.3 Å². The highest BCUT2D eigenvalue weighted by Gasteiger charge is 2.18. The zero-order chi connectivity index (χ0) is 15.1. The van der Waals surface area contributed by atoms with E-state index in [1.165, 1.54) is 4.57 Å². The van der Waals surface area contributed by atoms with Crippen LogP contribution in [0.3, 0.4) is 0 Å². The molecule has 108 valence electrons. The molecular weight excluding hydrogens is 297 g/mol. The van der Waals surface area contributed by atoms with Gasteiger partial charge < -0.3 is 5.73 Å². The van der Waals surface area contributed by atoms with Crippen LogP contribution in [0.25, 0.3) is 16.7 Å². The molecule has 3 rings (SSSR count). The number of benzene rings is 1. The minimum Gasteiger partial charge on any atom is -0.322 e. The SMILES string of the molecule is CC(N)c1nc2c(Cl)cc(F)cc2c(=O)n1-c1cc[nH]n1. The number of rotatable bonds is 2. The van der Waals surface area contributed by atoms with E-state index in [9.17, 15) is 9.18 Å². The lowest BCUT2D eigenvalue weighted by Crippen LogP contribution is -2.28. The molecule has 0 saturated carbocycles. The highest BCUT2D eigenvalue weighted by molar-refractivity contribution is 6.35. The first-order valence-electron chi connectivity index (χ1n) is 6.16. The largest absolute Gasteiger partial charge is 0.322 e. The molecule has 3 N–H and O–H groups in total. The van der Waals surface area contributed by atoms with Gasteiger partial charge in [-0.25, -0.2) is 13.9 Å². The normalized spacial score (nSPS) is 12.8. The van der Waals surface area contributed by atoms with Crippen LogP contribution >= 0.6 is 11.6 Å². The quantitative estimate of drug-likeness (QED) is 0.757. The van der Waals surface area contributed by atoms with E-state index < -0.39 is 17.4 Å². The van der Waals surface area contributed by atoms with Crippen molar-refractivity contribution in [2.75, 3.05) is 0 Å². The van der Waals surface area contributed by atoms with Gasteiger partial charge in [-0.3, -0.25) is 9.89 Å². The zero-order valence-corrected chi connectivity index (χ0v) is 11.7. The van der Waals surface area contributed by atoms with E-state index in [1.807, 2.05) is 0 Å². The van der Waals surface area contributed by atoms with Crippen LogP contribution in [0.4, 0.5) is 4.39 Å². The first-order valence-corrected chi connectivity index (χ1v) is 6.54. The van der Waals surface area contributed by atoms with Gasteiger partial charge in [0.25, 0.3) is 5.56 Å². The van der Waals surface area contributed by atoms with Crippen LogP contribution in [0.5, 0.6) is 0 Å². The predicted octanol–water partition coefficient (Wildman–Crippen LogP) is 1.92. The van der Waals surface area contributed by atoms with Crippen molar-refractivity contribution in [1.82, 2.24) is 19.7 Å². The molecular formula is C13H11ClFN5O. The molecule has 2 heterocycles. The fourth-order valence-electron chi connectivity index (χ4n) is 2.14. The average molecular weight is 308 g/mol. The third-order valence-electron chi connectivity index (χ3n) is 3.04. The van der Waals surface area contributed by atoms with E-state index in [0.29, 0.717) is 11.6 Å². The van der Waals surface area contributed by atoms with Crippen molar-refractivity contribution in [2.24, 2.45) is 5.73 Å². The Bertz CT molecular complexity index is 872. The molecule has 0 aliphatic rings. The van der Waals surface area contributed by atoms with E-state index >= 15 is 0 Å². The van der Waals surface area contributed by atoms with Crippen LogP contribution in [-0.2, 0) is 0 Å². The summed E-state index contributed by atoms with van der Waals surface area (Å²) in [6.07, 6.45) is 1.56. The maximum atomic E-state index is 13.5. The number of hydrogen-bond acceptors (Lipinski definition) is 4. The molecule has 1 aromatic carbocycles. The Morgan fingerprint density at radius 2 is 2.24 bits per heavy atom. The van der Waals surface area contributed by atoms with Crippen LogP contribution in [0.2, 0.25) is 5.02 Å². The molecule has 6 nitrogen and oxygen atoms in total. The van der Waals surface area contributed by atoms with Gasteiger partial charge in [0.05, 0.1) is 22.0 Å². The maximum absolute atomic E-state index is 13.5. The van der Waals surface area contributed by atoms with E-state index in [1.54, 1.807) is 19.2 Å². The summed E-state index contributed by atoms with van der Waals surface area (Å²) in [7, 11) is 0. The predicted molar refractivity (Wildman–Crippen MR) is 77.1 cm³/mol. The number of halogens is 2. The molecule has 0 fully saturated rings. The molecule has 21 heavy (non-hydrogen) atoms. The number of H-pyrrole nitrogens is 1. The van der Waals surface area contributed by atoms with Crippen molar-refractivity contribution in [3.63, 3.8) is 0 Å². The van der Waals surface area contributed by atoms with E-state index in [4.69, 9.17) is 17.3 Å². The fourth-order valence-corrected chi connectivity index (χ4v) is 2.38. The van der Waals surface area contributed by atoms with Gasteiger partial charge in [0, 0.05) is 12.3 Å². The van der Waals surface area contributed by atoms with Gasteiger partial charge in [-0.15, -0.1) is 0 Å². The molecule has 8 heteroatoms. The second-order valence-corrected chi connectivity index (χ2v) is 5.02. The van der Waals surface area contributed by atoms with E-state index in [2.05, 4.69) is 15.2 Å². The number of hydrogen-bond donors (Lipinski definition) is 2. The van der Waals surface area contributed by atoms with Crippen LogP contribution in [0.1, 0.15) is 18.8 Å². The molecule has 0 saturated heterocycles. The molecule has 3 aromatic rings. The van der Waals surface area contributed by atoms with Gasteiger partial charge >= 0.3 is 0 Å². The van der Waals surface area contributed by atoms with E-state index in [0.717, 1.165) is 12.1 Å². The van der Waals surface area contributed by atoms with Gasteiger partial charge in [-0.1, -0.05) is 11.6 Å². The summed E-state index contributed by atoms with van der Waals surface area (Å²) in [6.45, 7) is 1.69. The van der Waals surface area contributed by atoms with Crippen molar-refractivity contribution in [1.29, 1.82) is 0 Å². The van der Waals surface area contributed by atoms with Gasteiger partial charge in [0.2, 0.25) is 0 Å². The highest BCUT2D eigenvalue weighted by atomic mass is 35.5. The number of nitrogens with zero attached hydrogens (tertiary/aromatic N) is 3. The number of aromatic amines is 1. The van der Waals surface area contributed by atoms with E-state index in [-0.39, 0.29) is 15.9 Å². The van der Waals surface area contributed by atoms with Gasteiger partial charge in [0.1, 0.15) is 11.6 Å². The number of aromatic nitrogens is 4. The zero-order valence-electron chi connectivity index (χ0n) is 11.0. The first kappa shape index (κ1) is 13.7. The third kappa shape index (κ3) is 2.20. The summed E-state index contributed by atoms with van der Waals surface area (Å²) in [6, 6.07) is 3.28. The number of nitrogens with two attached hydrogens (primary N) is 1. The second-order valence-electron chi connectivity index (χ2n) is 4.62. The van der Waals surface area contributed by atoms with Crippen LogP contribution in [-0.4, -0.2) is 19.7 Å². The molecule has 0 radical (unpaired) electrons. The standard InChI is InChI=1S/C13H11ClFN5O/c1-6(16)12-18-11-8(4-7(15)5-9(11)14)13(21)20(12)10-2-3-17-19-10/h2-6H,16H2,1H3,(H,17,19). The summed E-state index contributed by atoms with van der Waals surface area (Å²) in [5.41, 5.74) is 5.64. The highest BCUT2D eigenvalue weighted by Crippen LogP contribution is 2.23. The topological polar surface area (TPSA) is 89.6 Å². The summed E-state index contributed by atoms with van der Waals surface area (Å²) >= 11 is 5.97. The summed E-state index contributed by atoms with van der Waals surface area (Å²) in [5.74, 6) is 0.0312. The average Bonchev–Trinajstić information content (AvgIpc) is 2.92. The van der Waals surface area contributed by atoms with Crippen molar-refractivity contribution in [3.8, 4) is 5.82 Å². The summed E-state index contributed by atoms with van der Waals surface area (Å²) in [5, 5.41) is 6.72. The minimum absolute atomic E-state index is 0.0678. The lowest BCUT2D eigenvalue weighted by Gasteiger charge is -2.14. The molecule has 0 aliphatic heterocycles. The van der Waals surface area contributed by atoms with Crippen molar-refractivity contribution in [3.05, 3.63) is 51.4 Å². The van der Waals surface area contributed by atoms with Gasteiger partial charge in [0.15, 0.2) is 5.82 Å². The smallest absolute Gasteiger partial charge is 0.267 e. The summed E-state index contributed by atoms with van der Waals surface area (Å²) < 4.78 is 14.8. The molecule has 0 amide bonds. The van der Waals surface area contributed by atoms with Gasteiger partial charge in [-0.2, -0.15) is 5.10 Å². The molecule has 0 aliphatic carbocycles. The molecule has 0 spiro atoms. The second kappa shape index (κ2) is 4.94. The molecule has 0 bridgehead atoms. The third-order valence-corrected chi connectivity index (χ3v) is 3.33. The molecule has 1 atom stereocenters. The van der Waals surface area contributed by atoms with Crippen LogP contribution in [0, 0.1) is 5.82 Å². The van der Waals surface area contributed by atoms with Crippen molar-refractivity contribution in [2.45, 2.75) is 13.0 Å². The minimum atomic E-state index is -0.603. The lowest BCUT2D eigenvalue weighted by atomic mass is 10.2. The summed E-state index contributed by atoms with van der Waals surface area (Å²) in [4.78, 5) is 17.0. The van der Waals surface area contributed by atoms with Gasteiger partial charge in [-0.05, 0) is 19.1 Å². The Labute approximate surface area is 123 Å². The van der Waals surface area contributed by atoms with Crippen molar-refractivity contribution < 1.29 is 4.39 Å². The Hall–Kier alpha value is -2.25. The molecule has 2 aromatic heterocycles. The Morgan fingerprint density at radius 1 is 1.48 bits per heavy atom. The van der Waals surface area contributed by atoms with Crippen molar-refractivity contribution >= 4 is 22.5 Å². The Morgan fingerprint density at radius 3 is 2.86 bits per heavy atom. The Balaban J connectivity index is 2.49. The van der Waals surface area contributed by atoms with Crippen LogP contribution in [0.15, 0.2) is 29.2 Å². The lowest BCUT2D eigenvalue weighted by molar-refractivity contribution is 0.628. The fraction of sp³-hybridized carbons (Fsp3) is 0.154. The molecule has 1 unspecified atom stereocenters. The Kier molecular flexibility index (Phi) is 3.23.